The Hall–Kier alpha value is -2.08. The van der Waals surface area contributed by atoms with E-state index in [9.17, 15) is 0 Å². The number of nitrogens with one attached hydrogen (secondary N) is 2. The highest BCUT2D eigenvalue weighted by Crippen LogP contribution is 2.16. The van der Waals surface area contributed by atoms with Crippen LogP contribution in [0.3, 0.4) is 0 Å². The van der Waals surface area contributed by atoms with E-state index in [1.807, 2.05) is 25.1 Å². The van der Waals surface area contributed by atoms with E-state index >= 15 is 0 Å². The molecule has 23 heavy (non-hydrogen) atoms. The van der Waals surface area contributed by atoms with Crippen LogP contribution in [0.4, 0.5) is 0 Å². The van der Waals surface area contributed by atoms with Gasteiger partial charge in [0.25, 0.3) is 0 Å². The van der Waals surface area contributed by atoms with Crippen molar-refractivity contribution in [3.05, 3.63) is 52.4 Å². The average molecular weight is 332 g/mol. The number of nitrogens with zero attached hydrogens (tertiary/aromatic N) is 2. The highest BCUT2D eigenvalue weighted by molar-refractivity contribution is 7.11. The predicted molar refractivity (Wildman–Crippen MR) is 96.2 cm³/mol. The van der Waals surface area contributed by atoms with Crippen molar-refractivity contribution in [2.24, 2.45) is 4.99 Å². The van der Waals surface area contributed by atoms with Gasteiger partial charge in [-0.1, -0.05) is 6.08 Å². The van der Waals surface area contributed by atoms with Crippen LogP contribution in [0.25, 0.3) is 0 Å². The van der Waals surface area contributed by atoms with Crippen LogP contribution in [0.5, 0.6) is 0 Å². The van der Waals surface area contributed by atoms with Crippen LogP contribution in [0.15, 0.2) is 40.5 Å². The van der Waals surface area contributed by atoms with Crippen LogP contribution in [0.1, 0.15) is 21.3 Å². The molecule has 2 N–H and O–H groups in total. The molecule has 0 radical (unpaired) electrons. The summed E-state index contributed by atoms with van der Waals surface area (Å²) in [6.07, 6.45) is 5.20. The summed E-state index contributed by atoms with van der Waals surface area (Å²) in [5.74, 6) is 1.76. The number of thiazole rings is 1. The summed E-state index contributed by atoms with van der Waals surface area (Å²) in [6, 6.07) is 3.88. The Morgan fingerprint density at radius 3 is 2.91 bits per heavy atom. The van der Waals surface area contributed by atoms with E-state index in [0.717, 1.165) is 41.8 Å². The third kappa shape index (κ3) is 5.90. The summed E-state index contributed by atoms with van der Waals surface area (Å²) in [6.45, 7) is 10.0. The van der Waals surface area contributed by atoms with Crippen LogP contribution in [-0.4, -0.2) is 30.6 Å². The van der Waals surface area contributed by atoms with Gasteiger partial charge >= 0.3 is 0 Å². The van der Waals surface area contributed by atoms with Gasteiger partial charge in [0.15, 0.2) is 5.96 Å². The molecule has 2 rings (SSSR count). The lowest BCUT2D eigenvalue weighted by Crippen LogP contribution is -2.38. The van der Waals surface area contributed by atoms with Crippen molar-refractivity contribution >= 4 is 17.3 Å². The number of rotatable bonds is 8. The highest BCUT2D eigenvalue weighted by atomic mass is 32.1. The molecule has 0 aliphatic rings. The molecule has 6 heteroatoms. The maximum atomic E-state index is 5.33. The van der Waals surface area contributed by atoms with Gasteiger partial charge in [0, 0.05) is 37.4 Å². The lowest BCUT2D eigenvalue weighted by atomic mass is 10.3. The molecule has 0 aromatic carbocycles. The number of aryl methyl sites for hydroxylation is 2. The summed E-state index contributed by atoms with van der Waals surface area (Å²) in [5.41, 5.74) is 1.12. The molecule has 0 spiro atoms. The van der Waals surface area contributed by atoms with Crippen molar-refractivity contribution in [2.45, 2.75) is 26.7 Å². The Morgan fingerprint density at radius 1 is 1.39 bits per heavy atom. The summed E-state index contributed by atoms with van der Waals surface area (Å²) < 4.78 is 5.33. The molecule has 2 aromatic rings. The molecule has 0 atom stereocenters. The van der Waals surface area contributed by atoms with E-state index in [1.165, 1.54) is 4.88 Å². The quantitative estimate of drug-likeness (QED) is 0.443. The number of guanidine groups is 1. The Labute approximate surface area is 141 Å². The number of aromatic nitrogens is 1. The van der Waals surface area contributed by atoms with E-state index < -0.39 is 0 Å². The second kappa shape index (κ2) is 9.15. The largest absolute Gasteiger partial charge is 0.469 e. The molecular formula is C17H24N4OS. The second-order valence-electron chi connectivity index (χ2n) is 5.16. The summed E-state index contributed by atoms with van der Waals surface area (Å²) in [5, 5.41) is 7.68. The molecule has 0 fully saturated rings. The van der Waals surface area contributed by atoms with Crippen molar-refractivity contribution < 1.29 is 4.42 Å². The molecule has 5 nitrogen and oxygen atoms in total. The predicted octanol–water partition coefficient (Wildman–Crippen LogP) is 2.86. The van der Waals surface area contributed by atoms with Crippen molar-refractivity contribution in [3.8, 4) is 0 Å². The molecule has 0 saturated heterocycles. The fourth-order valence-electron chi connectivity index (χ4n) is 2.01. The first kappa shape index (κ1) is 17.3. The van der Waals surface area contributed by atoms with E-state index in [-0.39, 0.29) is 0 Å². The monoisotopic (exact) mass is 332 g/mol. The molecule has 0 aliphatic heterocycles. The topological polar surface area (TPSA) is 62.5 Å². The van der Waals surface area contributed by atoms with Crippen molar-refractivity contribution in [1.29, 1.82) is 0 Å². The Bertz CT molecular complexity index is 612. The van der Waals surface area contributed by atoms with E-state index in [4.69, 9.17) is 4.42 Å². The van der Waals surface area contributed by atoms with Crippen molar-refractivity contribution in [2.75, 3.05) is 19.6 Å². The second-order valence-corrected chi connectivity index (χ2v) is 6.44. The Balaban J connectivity index is 1.81. The fourth-order valence-corrected chi connectivity index (χ4v) is 2.93. The fraction of sp³-hybridized carbons (Fsp3) is 0.412. The van der Waals surface area contributed by atoms with E-state index in [1.54, 1.807) is 17.6 Å². The van der Waals surface area contributed by atoms with Crippen LogP contribution in [-0.2, 0) is 12.8 Å². The number of furan rings is 1. The highest BCUT2D eigenvalue weighted by Gasteiger charge is 2.04. The van der Waals surface area contributed by atoms with Gasteiger partial charge in [0.2, 0.25) is 0 Å². The summed E-state index contributed by atoms with van der Waals surface area (Å²) in [7, 11) is 0. The van der Waals surface area contributed by atoms with Gasteiger partial charge in [0.1, 0.15) is 5.76 Å². The average Bonchev–Trinajstić information content (AvgIpc) is 3.15. The first-order valence-electron chi connectivity index (χ1n) is 7.77. The standard InChI is InChI=1S/C17H24N4OS/c1-4-9-18-17(19-10-7-15-6-5-12-22-15)20-11-8-16-21-13(2)14(3)23-16/h4-6,12H,1,7-11H2,2-3H3,(H2,18,19,20). The zero-order chi connectivity index (χ0) is 16.5. The minimum Gasteiger partial charge on any atom is -0.469 e. The molecule has 2 heterocycles. The van der Waals surface area contributed by atoms with Gasteiger partial charge in [-0.3, -0.25) is 4.99 Å². The van der Waals surface area contributed by atoms with Gasteiger partial charge in [0.05, 0.1) is 17.0 Å². The van der Waals surface area contributed by atoms with Crippen molar-refractivity contribution in [3.63, 3.8) is 0 Å². The number of hydrogen-bond donors (Lipinski definition) is 2. The van der Waals surface area contributed by atoms with Gasteiger partial charge in [-0.2, -0.15) is 0 Å². The zero-order valence-electron chi connectivity index (χ0n) is 13.8. The minimum absolute atomic E-state index is 0.683. The molecule has 0 aliphatic carbocycles. The normalized spacial score (nSPS) is 11.5. The maximum Gasteiger partial charge on any atom is 0.191 e. The summed E-state index contributed by atoms with van der Waals surface area (Å²) in [4.78, 5) is 10.4. The van der Waals surface area contributed by atoms with Gasteiger partial charge in [-0.05, 0) is 26.0 Å². The lowest BCUT2D eigenvalue weighted by molar-refractivity contribution is 0.507. The van der Waals surface area contributed by atoms with Gasteiger partial charge < -0.3 is 15.1 Å². The van der Waals surface area contributed by atoms with Crippen LogP contribution >= 0.6 is 11.3 Å². The number of hydrogen-bond acceptors (Lipinski definition) is 4. The first-order valence-corrected chi connectivity index (χ1v) is 8.59. The Kier molecular flexibility index (Phi) is 6.87. The van der Waals surface area contributed by atoms with E-state index in [0.29, 0.717) is 13.1 Å². The first-order chi connectivity index (χ1) is 11.2. The SMILES string of the molecule is C=CCNC(=NCCc1nc(C)c(C)s1)NCCc1ccco1. The molecule has 0 amide bonds. The maximum absolute atomic E-state index is 5.33. The smallest absolute Gasteiger partial charge is 0.191 e. The third-order valence-corrected chi connectivity index (χ3v) is 4.46. The molecule has 2 aromatic heterocycles. The number of aliphatic imine (C=N–C) groups is 1. The minimum atomic E-state index is 0.683. The van der Waals surface area contributed by atoms with Crippen LogP contribution in [0.2, 0.25) is 0 Å². The molecule has 0 saturated carbocycles. The zero-order valence-corrected chi connectivity index (χ0v) is 14.6. The van der Waals surface area contributed by atoms with Crippen molar-refractivity contribution in [1.82, 2.24) is 15.6 Å². The molecule has 124 valence electrons. The molecular weight excluding hydrogens is 308 g/mol. The van der Waals surface area contributed by atoms with Crippen LogP contribution < -0.4 is 10.6 Å². The summed E-state index contributed by atoms with van der Waals surface area (Å²) >= 11 is 1.75. The van der Waals surface area contributed by atoms with Gasteiger partial charge in [-0.25, -0.2) is 4.98 Å². The molecule has 0 bridgehead atoms. The Morgan fingerprint density at radius 2 is 2.26 bits per heavy atom. The molecule has 0 unspecified atom stereocenters. The third-order valence-electron chi connectivity index (χ3n) is 3.33. The van der Waals surface area contributed by atoms with E-state index in [2.05, 4.69) is 34.1 Å². The van der Waals surface area contributed by atoms with Gasteiger partial charge in [-0.15, -0.1) is 17.9 Å². The lowest BCUT2D eigenvalue weighted by Gasteiger charge is -2.10. The van der Waals surface area contributed by atoms with Crippen LogP contribution in [0, 0.1) is 13.8 Å².